The van der Waals surface area contributed by atoms with E-state index in [0.29, 0.717) is 17.6 Å². The van der Waals surface area contributed by atoms with Gasteiger partial charge in [0.15, 0.2) is 0 Å². The van der Waals surface area contributed by atoms with Crippen molar-refractivity contribution in [2.45, 2.75) is 50.7 Å². The molecule has 2 saturated heterocycles. The van der Waals surface area contributed by atoms with Crippen molar-refractivity contribution < 1.29 is 8.78 Å². The highest BCUT2D eigenvalue weighted by Gasteiger charge is 2.36. The molecule has 3 unspecified atom stereocenters. The average molecular weight is 280 g/mol. The summed E-state index contributed by atoms with van der Waals surface area (Å²) in [5.74, 6) is -0.934. The summed E-state index contributed by atoms with van der Waals surface area (Å²) in [6.07, 6.45) is 4.77. The largest absolute Gasteiger partial charge is 0.312 e. The number of benzene rings is 1. The number of hydrogen-bond donors (Lipinski definition) is 1. The number of likely N-dealkylation sites (tertiary alicyclic amines) is 1. The molecule has 0 saturated carbocycles. The summed E-state index contributed by atoms with van der Waals surface area (Å²) >= 11 is 0. The second-order valence-electron chi connectivity index (χ2n) is 5.99. The van der Waals surface area contributed by atoms with Crippen molar-refractivity contribution in [2.75, 3.05) is 13.1 Å². The summed E-state index contributed by atoms with van der Waals surface area (Å²) in [6, 6.07) is 4.96. The van der Waals surface area contributed by atoms with Crippen LogP contribution >= 0.6 is 0 Å². The van der Waals surface area contributed by atoms with Crippen molar-refractivity contribution in [2.24, 2.45) is 0 Å². The molecular formula is C16H22F2N2. The molecule has 2 nitrogen and oxygen atoms in total. The van der Waals surface area contributed by atoms with E-state index in [-0.39, 0.29) is 6.04 Å². The van der Waals surface area contributed by atoms with Crippen molar-refractivity contribution >= 4 is 0 Å². The Bertz CT molecular complexity index is 472. The Balaban J connectivity index is 1.79. The van der Waals surface area contributed by atoms with Crippen LogP contribution in [0.4, 0.5) is 8.78 Å². The van der Waals surface area contributed by atoms with Gasteiger partial charge in [0.1, 0.15) is 11.6 Å². The Morgan fingerprint density at radius 1 is 1.25 bits per heavy atom. The van der Waals surface area contributed by atoms with Crippen molar-refractivity contribution in [3.63, 3.8) is 0 Å². The van der Waals surface area contributed by atoms with Gasteiger partial charge in [-0.25, -0.2) is 8.78 Å². The smallest absolute Gasteiger partial charge is 0.130 e. The highest BCUT2D eigenvalue weighted by Crippen LogP contribution is 2.33. The second kappa shape index (κ2) is 5.78. The SMILES string of the molecule is CC(c1ccc(F)cc1F)N1CCCC1C1CCCN1. The molecule has 20 heavy (non-hydrogen) atoms. The molecule has 2 fully saturated rings. The lowest BCUT2D eigenvalue weighted by Crippen LogP contribution is -2.44. The van der Waals surface area contributed by atoms with Crippen LogP contribution in [0.15, 0.2) is 18.2 Å². The molecule has 2 aliphatic rings. The molecule has 0 spiro atoms. The fourth-order valence-corrected chi connectivity index (χ4v) is 3.79. The lowest BCUT2D eigenvalue weighted by atomic mass is 10.0. The first kappa shape index (κ1) is 14.0. The zero-order valence-corrected chi connectivity index (χ0v) is 11.9. The topological polar surface area (TPSA) is 15.3 Å². The normalized spacial score (nSPS) is 28.9. The number of nitrogens with zero attached hydrogens (tertiary/aromatic N) is 1. The third-order valence-electron chi connectivity index (χ3n) is 4.82. The van der Waals surface area contributed by atoms with Crippen molar-refractivity contribution in [1.29, 1.82) is 0 Å². The molecule has 3 rings (SSSR count). The Morgan fingerprint density at radius 3 is 2.80 bits per heavy atom. The van der Waals surface area contributed by atoms with Gasteiger partial charge in [-0.3, -0.25) is 4.90 Å². The zero-order chi connectivity index (χ0) is 14.1. The van der Waals surface area contributed by atoms with Crippen LogP contribution in [0.3, 0.4) is 0 Å². The van der Waals surface area contributed by atoms with Gasteiger partial charge in [-0.2, -0.15) is 0 Å². The summed E-state index contributed by atoms with van der Waals surface area (Å²) in [6.45, 7) is 4.12. The van der Waals surface area contributed by atoms with Crippen molar-refractivity contribution in [3.8, 4) is 0 Å². The van der Waals surface area contributed by atoms with Gasteiger partial charge in [0.2, 0.25) is 0 Å². The fraction of sp³-hybridized carbons (Fsp3) is 0.625. The van der Waals surface area contributed by atoms with E-state index >= 15 is 0 Å². The first-order chi connectivity index (χ1) is 9.66. The number of rotatable bonds is 3. The fourth-order valence-electron chi connectivity index (χ4n) is 3.79. The standard InChI is InChI=1S/C16H22F2N2/c1-11(13-7-6-12(17)10-14(13)18)20-9-3-5-16(20)15-4-2-8-19-15/h6-7,10-11,15-16,19H,2-5,8-9H2,1H3. The first-order valence-corrected chi connectivity index (χ1v) is 7.61. The maximum absolute atomic E-state index is 14.0. The molecule has 0 bridgehead atoms. The molecule has 0 radical (unpaired) electrons. The van der Waals surface area contributed by atoms with E-state index in [2.05, 4.69) is 10.2 Å². The summed E-state index contributed by atoms with van der Waals surface area (Å²) in [5.41, 5.74) is 0.608. The highest BCUT2D eigenvalue weighted by molar-refractivity contribution is 5.22. The third kappa shape index (κ3) is 2.59. The minimum atomic E-state index is -0.506. The van der Waals surface area contributed by atoms with Crippen molar-refractivity contribution in [1.82, 2.24) is 10.2 Å². The molecule has 2 heterocycles. The Labute approximate surface area is 119 Å². The van der Waals surface area contributed by atoms with E-state index in [9.17, 15) is 8.78 Å². The molecule has 110 valence electrons. The molecule has 1 N–H and O–H groups in total. The third-order valence-corrected chi connectivity index (χ3v) is 4.82. The molecule has 4 heteroatoms. The van der Waals surface area contributed by atoms with Crippen LogP contribution in [-0.4, -0.2) is 30.1 Å². The van der Waals surface area contributed by atoms with Gasteiger partial charge in [0.05, 0.1) is 0 Å². The van der Waals surface area contributed by atoms with Crippen LogP contribution < -0.4 is 5.32 Å². The number of nitrogens with one attached hydrogen (secondary N) is 1. The van der Waals surface area contributed by atoms with Gasteiger partial charge in [-0.15, -0.1) is 0 Å². The van der Waals surface area contributed by atoms with Gasteiger partial charge in [-0.05, 0) is 51.8 Å². The van der Waals surface area contributed by atoms with Gasteiger partial charge in [-0.1, -0.05) is 6.07 Å². The summed E-state index contributed by atoms with van der Waals surface area (Å²) in [7, 11) is 0. The van der Waals surface area contributed by atoms with Crippen LogP contribution in [0.1, 0.15) is 44.2 Å². The maximum atomic E-state index is 14.0. The lowest BCUT2D eigenvalue weighted by molar-refractivity contribution is 0.160. The summed E-state index contributed by atoms with van der Waals surface area (Å²) in [4.78, 5) is 2.39. The molecule has 0 aromatic heterocycles. The van der Waals surface area contributed by atoms with E-state index in [4.69, 9.17) is 0 Å². The quantitative estimate of drug-likeness (QED) is 0.914. The zero-order valence-electron chi connectivity index (χ0n) is 11.9. The molecule has 1 aromatic carbocycles. The second-order valence-corrected chi connectivity index (χ2v) is 5.99. The Kier molecular flexibility index (Phi) is 4.03. The van der Waals surface area contributed by atoms with Crippen LogP contribution in [0.25, 0.3) is 0 Å². The molecule has 1 aromatic rings. The van der Waals surface area contributed by atoms with Crippen LogP contribution in [0.2, 0.25) is 0 Å². The Hall–Kier alpha value is -1.00. The first-order valence-electron chi connectivity index (χ1n) is 7.61. The van der Waals surface area contributed by atoms with E-state index < -0.39 is 11.6 Å². The molecule has 0 aliphatic carbocycles. The van der Waals surface area contributed by atoms with Crippen LogP contribution in [0, 0.1) is 11.6 Å². The van der Waals surface area contributed by atoms with E-state index in [1.54, 1.807) is 6.07 Å². The average Bonchev–Trinajstić information content (AvgIpc) is 3.09. The van der Waals surface area contributed by atoms with Gasteiger partial charge in [0, 0.05) is 29.8 Å². The monoisotopic (exact) mass is 280 g/mol. The molecule has 2 aliphatic heterocycles. The van der Waals surface area contributed by atoms with Gasteiger partial charge >= 0.3 is 0 Å². The van der Waals surface area contributed by atoms with Crippen LogP contribution in [-0.2, 0) is 0 Å². The van der Waals surface area contributed by atoms with Crippen LogP contribution in [0.5, 0.6) is 0 Å². The van der Waals surface area contributed by atoms with E-state index in [0.717, 1.165) is 25.6 Å². The predicted molar refractivity (Wildman–Crippen MR) is 75.5 cm³/mol. The Morgan fingerprint density at radius 2 is 2.10 bits per heavy atom. The lowest BCUT2D eigenvalue weighted by Gasteiger charge is -2.34. The van der Waals surface area contributed by atoms with E-state index in [1.165, 1.54) is 25.3 Å². The van der Waals surface area contributed by atoms with Gasteiger partial charge in [0.25, 0.3) is 0 Å². The molecular weight excluding hydrogens is 258 g/mol. The maximum Gasteiger partial charge on any atom is 0.130 e. The van der Waals surface area contributed by atoms with Gasteiger partial charge < -0.3 is 5.32 Å². The minimum absolute atomic E-state index is 0.00509. The summed E-state index contributed by atoms with van der Waals surface area (Å²) in [5, 5.41) is 3.56. The molecule has 0 amide bonds. The van der Waals surface area contributed by atoms with Crippen molar-refractivity contribution in [3.05, 3.63) is 35.4 Å². The molecule has 3 atom stereocenters. The number of hydrogen-bond acceptors (Lipinski definition) is 2. The van der Waals surface area contributed by atoms with E-state index in [1.807, 2.05) is 6.92 Å². The predicted octanol–water partition coefficient (Wildman–Crippen LogP) is 3.24. The highest BCUT2D eigenvalue weighted by atomic mass is 19.1. The minimum Gasteiger partial charge on any atom is -0.312 e. The summed E-state index contributed by atoms with van der Waals surface area (Å²) < 4.78 is 27.0. The number of halogens is 2.